The van der Waals surface area contributed by atoms with E-state index in [0.29, 0.717) is 18.7 Å². The Labute approximate surface area is 115 Å². The molecule has 3 nitrogen and oxygen atoms in total. The highest BCUT2D eigenvalue weighted by Crippen LogP contribution is 2.31. The number of nitrogens with one attached hydrogen (secondary N) is 1. The molecule has 1 heterocycles. The van der Waals surface area contributed by atoms with E-state index < -0.39 is 11.7 Å². The highest BCUT2D eigenvalue weighted by molar-refractivity contribution is 5.53. The van der Waals surface area contributed by atoms with E-state index in [1.165, 1.54) is 6.07 Å². The van der Waals surface area contributed by atoms with E-state index in [-0.39, 0.29) is 0 Å². The Bertz CT molecular complexity index is 588. The average molecular weight is 283 g/mol. The van der Waals surface area contributed by atoms with Crippen molar-refractivity contribution >= 4 is 5.69 Å². The fourth-order valence-corrected chi connectivity index (χ4v) is 1.94. The summed E-state index contributed by atoms with van der Waals surface area (Å²) < 4.78 is 39.9. The largest absolute Gasteiger partial charge is 0.416 e. The van der Waals surface area contributed by atoms with Gasteiger partial charge in [-0.3, -0.25) is 0 Å². The minimum atomic E-state index is -4.32. The van der Waals surface area contributed by atoms with Crippen LogP contribution in [0.15, 0.2) is 30.6 Å². The second-order valence-corrected chi connectivity index (χ2v) is 4.66. The van der Waals surface area contributed by atoms with Gasteiger partial charge in [0.2, 0.25) is 0 Å². The molecule has 0 atom stereocenters. The molecule has 1 aromatic carbocycles. The standard InChI is InChI=1S/C14H16F3N3/c1-10-3-4-11(14(15,16)17)9-12(10)18-6-5-13-19-7-8-20(13)2/h3-4,7-9,18H,5-6H2,1-2H3. The highest BCUT2D eigenvalue weighted by atomic mass is 19.4. The van der Waals surface area contributed by atoms with Crippen molar-refractivity contribution in [2.24, 2.45) is 7.05 Å². The first-order chi connectivity index (χ1) is 9.38. The zero-order valence-electron chi connectivity index (χ0n) is 11.3. The Morgan fingerprint density at radius 3 is 2.65 bits per heavy atom. The molecule has 2 aromatic rings. The molecule has 0 unspecified atom stereocenters. The lowest BCUT2D eigenvalue weighted by Gasteiger charge is -2.13. The molecule has 0 radical (unpaired) electrons. The number of hydrogen-bond acceptors (Lipinski definition) is 2. The third-order valence-corrected chi connectivity index (χ3v) is 3.15. The number of halogens is 3. The third kappa shape index (κ3) is 3.31. The van der Waals surface area contributed by atoms with Crippen LogP contribution in [-0.2, 0) is 19.6 Å². The SMILES string of the molecule is Cc1ccc(C(F)(F)F)cc1NCCc1nccn1C. The van der Waals surface area contributed by atoms with Crippen LogP contribution in [0, 0.1) is 6.92 Å². The van der Waals surface area contributed by atoms with Gasteiger partial charge in [0.25, 0.3) is 0 Å². The first kappa shape index (κ1) is 14.4. The number of aromatic nitrogens is 2. The Hall–Kier alpha value is -1.98. The van der Waals surface area contributed by atoms with Gasteiger partial charge >= 0.3 is 6.18 Å². The highest BCUT2D eigenvalue weighted by Gasteiger charge is 2.30. The molecule has 1 aromatic heterocycles. The summed E-state index contributed by atoms with van der Waals surface area (Å²) in [6.07, 6.45) is -0.126. The molecule has 1 N–H and O–H groups in total. The number of nitrogens with zero attached hydrogens (tertiary/aromatic N) is 2. The first-order valence-electron chi connectivity index (χ1n) is 6.26. The smallest absolute Gasteiger partial charge is 0.384 e. The van der Waals surface area contributed by atoms with E-state index >= 15 is 0 Å². The molecule has 0 bridgehead atoms. The molecule has 20 heavy (non-hydrogen) atoms. The third-order valence-electron chi connectivity index (χ3n) is 3.15. The summed E-state index contributed by atoms with van der Waals surface area (Å²) in [6, 6.07) is 3.72. The van der Waals surface area contributed by atoms with Crippen LogP contribution in [0.3, 0.4) is 0 Å². The van der Waals surface area contributed by atoms with Crippen molar-refractivity contribution in [2.75, 3.05) is 11.9 Å². The summed E-state index contributed by atoms with van der Waals surface area (Å²) in [7, 11) is 1.89. The van der Waals surface area contributed by atoms with Gasteiger partial charge in [0, 0.05) is 38.1 Å². The molecule has 0 aliphatic carbocycles. The van der Waals surface area contributed by atoms with Crippen LogP contribution in [0.2, 0.25) is 0 Å². The number of anilines is 1. The molecule has 0 saturated carbocycles. The summed E-state index contributed by atoms with van der Waals surface area (Å²) in [6.45, 7) is 2.32. The van der Waals surface area contributed by atoms with Crippen LogP contribution in [0.5, 0.6) is 0 Å². The Balaban J connectivity index is 2.04. The maximum atomic E-state index is 12.7. The summed E-state index contributed by atoms with van der Waals surface area (Å²) in [5.41, 5.74) is 0.662. The quantitative estimate of drug-likeness (QED) is 0.932. The van der Waals surface area contributed by atoms with Gasteiger partial charge in [0.15, 0.2) is 0 Å². The van der Waals surface area contributed by atoms with Gasteiger partial charge in [-0.25, -0.2) is 4.98 Å². The lowest BCUT2D eigenvalue weighted by molar-refractivity contribution is -0.137. The predicted octanol–water partition coefficient (Wildman–Crippen LogP) is 3.40. The zero-order valence-corrected chi connectivity index (χ0v) is 11.3. The fraction of sp³-hybridized carbons (Fsp3) is 0.357. The zero-order chi connectivity index (χ0) is 14.8. The Morgan fingerprint density at radius 1 is 1.30 bits per heavy atom. The van der Waals surface area contributed by atoms with Crippen LogP contribution >= 0.6 is 0 Å². The molecule has 0 aliphatic rings. The monoisotopic (exact) mass is 283 g/mol. The minimum Gasteiger partial charge on any atom is -0.384 e. The molecule has 0 fully saturated rings. The number of rotatable bonds is 4. The second kappa shape index (κ2) is 5.56. The minimum absolute atomic E-state index is 0.508. The topological polar surface area (TPSA) is 29.9 Å². The molecule has 0 amide bonds. The summed E-state index contributed by atoms with van der Waals surface area (Å²) in [5, 5.41) is 3.04. The lowest BCUT2D eigenvalue weighted by Crippen LogP contribution is -2.11. The second-order valence-electron chi connectivity index (χ2n) is 4.66. The van der Waals surface area contributed by atoms with Gasteiger partial charge in [-0.2, -0.15) is 13.2 Å². The molecule has 6 heteroatoms. The molecular formula is C14H16F3N3. The number of aryl methyl sites for hydroxylation is 2. The summed E-state index contributed by atoms with van der Waals surface area (Å²) >= 11 is 0. The van der Waals surface area contributed by atoms with E-state index in [0.717, 1.165) is 23.5 Å². The van der Waals surface area contributed by atoms with Crippen LogP contribution < -0.4 is 5.32 Å². The van der Waals surface area contributed by atoms with E-state index in [2.05, 4.69) is 10.3 Å². The maximum absolute atomic E-state index is 12.7. The molecule has 0 spiro atoms. The number of hydrogen-bond donors (Lipinski definition) is 1. The van der Waals surface area contributed by atoms with Crippen molar-refractivity contribution in [1.82, 2.24) is 9.55 Å². The van der Waals surface area contributed by atoms with Crippen molar-refractivity contribution in [3.05, 3.63) is 47.5 Å². The van der Waals surface area contributed by atoms with Crippen molar-refractivity contribution in [3.63, 3.8) is 0 Å². The Morgan fingerprint density at radius 2 is 2.05 bits per heavy atom. The van der Waals surface area contributed by atoms with Gasteiger partial charge in [0.1, 0.15) is 5.82 Å². The van der Waals surface area contributed by atoms with E-state index in [1.807, 2.05) is 17.8 Å². The van der Waals surface area contributed by atoms with Crippen LogP contribution in [0.25, 0.3) is 0 Å². The lowest BCUT2D eigenvalue weighted by atomic mass is 10.1. The molecule has 2 rings (SSSR count). The van der Waals surface area contributed by atoms with E-state index in [4.69, 9.17) is 0 Å². The van der Waals surface area contributed by atoms with E-state index in [1.54, 1.807) is 13.1 Å². The van der Waals surface area contributed by atoms with Crippen molar-refractivity contribution < 1.29 is 13.2 Å². The van der Waals surface area contributed by atoms with Crippen molar-refractivity contribution in [1.29, 1.82) is 0 Å². The number of alkyl halides is 3. The fourth-order valence-electron chi connectivity index (χ4n) is 1.94. The normalized spacial score (nSPS) is 11.7. The van der Waals surface area contributed by atoms with Crippen LogP contribution in [-0.4, -0.2) is 16.1 Å². The molecule has 0 saturated heterocycles. The van der Waals surface area contributed by atoms with Crippen LogP contribution in [0.1, 0.15) is 17.0 Å². The van der Waals surface area contributed by atoms with E-state index in [9.17, 15) is 13.2 Å². The maximum Gasteiger partial charge on any atom is 0.416 e. The van der Waals surface area contributed by atoms with Crippen molar-refractivity contribution in [3.8, 4) is 0 Å². The number of benzene rings is 1. The summed E-state index contributed by atoms with van der Waals surface area (Å²) in [4.78, 5) is 4.17. The van der Waals surface area contributed by atoms with Crippen LogP contribution in [0.4, 0.5) is 18.9 Å². The van der Waals surface area contributed by atoms with Gasteiger partial charge in [0.05, 0.1) is 5.56 Å². The van der Waals surface area contributed by atoms with Crippen molar-refractivity contribution in [2.45, 2.75) is 19.5 Å². The van der Waals surface area contributed by atoms with Gasteiger partial charge in [-0.1, -0.05) is 6.07 Å². The predicted molar refractivity (Wildman–Crippen MR) is 71.6 cm³/mol. The molecular weight excluding hydrogens is 267 g/mol. The Kier molecular flexibility index (Phi) is 4.01. The van der Waals surface area contributed by atoms with Gasteiger partial charge < -0.3 is 9.88 Å². The summed E-state index contributed by atoms with van der Waals surface area (Å²) in [5.74, 6) is 0.891. The number of imidazole rings is 1. The average Bonchev–Trinajstić information content (AvgIpc) is 2.76. The molecule has 108 valence electrons. The van der Waals surface area contributed by atoms with Gasteiger partial charge in [-0.05, 0) is 24.6 Å². The molecule has 0 aliphatic heterocycles. The van der Waals surface area contributed by atoms with Gasteiger partial charge in [-0.15, -0.1) is 0 Å². The first-order valence-corrected chi connectivity index (χ1v) is 6.26.